The highest BCUT2D eigenvalue weighted by Gasteiger charge is 2.37. The lowest BCUT2D eigenvalue weighted by molar-refractivity contribution is -0.132. The molecule has 5 heteroatoms. The Kier molecular flexibility index (Phi) is 5.72. The lowest BCUT2D eigenvalue weighted by atomic mass is 10.1. The highest BCUT2D eigenvalue weighted by Crippen LogP contribution is 2.20. The zero-order valence-electron chi connectivity index (χ0n) is 16.2. The van der Waals surface area contributed by atoms with Crippen LogP contribution in [-0.4, -0.2) is 71.8 Å². The van der Waals surface area contributed by atoms with Crippen molar-refractivity contribution in [3.63, 3.8) is 0 Å². The first-order chi connectivity index (χ1) is 13.7. The molecule has 0 saturated carbocycles. The molecule has 0 spiro atoms. The van der Waals surface area contributed by atoms with E-state index in [0.717, 1.165) is 44.6 Å². The summed E-state index contributed by atoms with van der Waals surface area (Å²) in [6.45, 7) is 4.51. The second kappa shape index (κ2) is 8.57. The van der Waals surface area contributed by atoms with Gasteiger partial charge in [0.05, 0.1) is 6.04 Å². The zero-order valence-corrected chi connectivity index (χ0v) is 16.2. The Labute approximate surface area is 166 Å². The number of piperazine rings is 1. The number of nitrogens with zero attached hydrogens (tertiary/aromatic N) is 3. The number of rotatable bonds is 5. The smallest absolute Gasteiger partial charge is 0.253 e. The Balaban J connectivity index is 1.28. The molecule has 0 aliphatic carbocycles. The van der Waals surface area contributed by atoms with Crippen molar-refractivity contribution in [1.82, 2.24) is 14.7 Å². The van der Waals surface area contributed by atoms with Gasteiger partial charge in [-0.05, 0) is 30.5 Å². The SMILES string of the molecule is O=C(c1ccccc1)N1CCN(C2CCN(CCc3ccccc3)C2=O)CC1. The van der Waals surface area contributed by atoms with Crippen LogP contribution < -0.4 is 0 Å². The van der Waals surface area contributed by atoms with Gasteiger partial charge in [-0.15, -0.1) is 0 Å². The number of benzene rings is 2. The van der Waals surface area contributed by atoms with E-state index in [2.05, 4.69) is 17.0 Å². The van der Waals surface area contributed by atoms with Crippen molar-refractivity contribution in [1.29, 1.82) is 0 Å². The first kappa shape index (κ1) is 18.7. The molecule has 0 aromatic heterocycles. The van der Waals surface area contributed by atoms with Gasteiger partial charge in [-0.1, -0.05) is 48.5 Å². The van der Waals surface area contributed by atoms with E-state index >= 15 is 0 Å². The van der Waals surface area contributed by atoms with Crippen LogP contribution in [0.25, 0.3) is 0 Å². The summed E-state index contributed by atoms with van der Waals surface area (Å²) >= 11 is 0. The van der Waals surface area contributed by atoms with Crippen molar-refractivity contribution >= 4 is 11.8 Å². The van der Waals surface area contributed by atoms with Crippen LogP contribution >= 0.6 is 0 Å². The minimum Gasteiger partial charge on any atom is -0.341 e. The molecular weight excluding hydrogens is 350 g/mol. The third-order valence-corrected chi connectivity index (χ3v) is 5.85. The Morgan fingerprint density at radius 1 is 0.857 bits per heavy atom. The second-order valence-corrected chi connectivity index (χ2v) is 7.56. The summed E-state index contributed by atoms with van der Waals surface area (Å²) in [5.41, 5.74) is 2.01. The standard InChI is InChI=1S/C23H27N3O2/c27-22(20-9-5-2-6-10-20)26-17-15-24(16-18-26)21-12-14-25(23(21)28)13-11-19-7-3-1-4-8-19/h1-10,21H,11-18H2. The molecule has 2 fully saturated rings. The average molecular weight is 377 g/mol. The average Bonchev–Trinajstić information content (AvgIpc) is 3.13. The molecule has 28 heavy (non-hydrogen) atoms. The van der Waals surface area contributed by atoms with Gasteiger partial charge in [-0.3, -0.25) is 14.5 Å². The summed E-state index contributed by atoms with van der Waals surface area (Å²) in [6.07, 6.45) is 1.79. The van der Waals surface area contributed by atoms with Crippen LogP contribution in [-0.2, 0) is 11.2 Å². The second-order valence-electron chi connectivity index (χ2n) is 7.56. The summed E-state index contributed by atoms with van der Waals surface area (Å²) in [6, 6.07) is 19.7. The van der Waals surface area contributed by atoms with E-state index in [1.807, 2.05) is 58.3 Å². The first-order valence-corrected chi connectivity index (χ1v) is 10.1. The molecule has 0 radical (unpaired) electrons. The van der Waals surface area contributed by atoms with Crippen molar-refractivity contribution in [3.05, 3.63) is 71.8 Å². The van der Waals surface area contributed by atoms with E-state index in [-0.39, 0.29) is 17.9 Å². The highest BCUT2D eigenvalue weighted by molar-refractivity contribution is 5.94. The fourth-order valence-electron chi connectivity index (χ4n) is 4.19. The van der Waals surface area contributed by atoms with Gasteiger partial charge in [0.25, 0.3) is 5.91 Å². The van der Waals surface area contributed by atoms with Crippen LogP contribution in [0.1, 0.15) is 22.3 Å². The van der Waals surface area contributed by atoms with Crippen molar-refractivity contribution in [3.8, 4) is 0 Å². The van der Waals surface area contributed by atoms with Gasteiger partial charge in [0.2, 0.25) is 5.91 Å². The van der Waals surface area contributed by atoms with Gasteiger partial charge >= 0.3 is 0 Å². The number of hydrogen-bond acceptors (Lipinski definition) is 3. The maximum absolute atomic E-state index is 12.9. The lowest BCUT2D eigenvalue weighted by Crippen LogP contribution is -2.53. The van der Waals surface area contributed by atoms with E-state index in [0.29, 0.717) is 13.1 Å². The van der Waals surface area contributed by atoms with Crippen LogP contribution in [0.15, 0.2) is 60.7 Å². The Bertz CT molecular complexity index is 801. The number of likely N-dealkylation sites (tertiary alicyclic amines) is 1. The van der Waals surface area contributed by atoms with Gasteiger partial charge in [0.15, 0.2) is 0 Å². The number of carbonyl (C=O) groups is 2. The molecule has 2 aliphatic heterocycles. The zero-order chi connectivity index (χ0) is 19.3. The molecule has 4 rings (SSSR count). The van der Waals surface area contributed by atoms with Crippen LogP contribution in [0.5, 0.6) is 0 Å². The number of carbonyl (C=O) groups excluding carboxylic acids is 2. The monoisotopic (exact) mass is 377 g/mol. The van der Waals surface area contributed by atoms with E-state index in [1.54, 1.807) is 0 Å². The highest BCUT2D eigenvalue weighted by atomic mass is 16.2. The predicted octanol–water partition coefficient (Wildman–Crippen LogP) is 2.29. The molecule has 2 aliphatic rings. The minimum absolute atomic E-state index is 0.0234. The van der Waals surface area contributed by atoms with E-state index < -0.39 is 0 Å². The van der Waals surface area contributed by atoms with Gasteiger partial charge < -0.3 is 9.80 Å². The summed E-state index contributed by atoms with van der Waals surface area (Å²) in [5, 5.41) is 0. The quantitative estimate of drug-likeness (QED) is 0.803. The predicted molar refractivity (Wildman–Crippen MR) is 109 cm³/mol. The summed E-state index contributed by atoms with van der Waals surface area (Å²) in [4.78, 5) is 31.6. The summed E-state index contributed by atoms with van der Waals surface area (Å²) in [5.74, 6) is 0.334. The fourth-order valence-corrected chi connectivity index (χ4v) is 4.19. The molecule has 1 unspecified atom stereocenters. The van der Waals surface area contributed by atoms with E-state index in [1.165, 1.54) is 5.56 Å². The topological polar surface area (TPSA) is 43.9 Å². The summed E-state index contributed by atoms with van der Waals surface area (Å²) < 4.78 is 0. The maximum Gasteiger partial charge on any atom is 0.253 e. The van der Waals surface area contributed by atoms with E-state index in [4.69, 9.17) is 0 Å². The number of hydrogen-bond donors (Lipinski definition) is 0. The first-order valence-electron chi connectivity index (χ1n) is 10.1. The van der Waals surface area contributed by atoms with Gasteiger partial charge in [-0.2, -0.15) is 0 Å². The normalized spacial score (nSPS) is 20.6. The minimum atomic E-state index is -0.0234. The van der Waals surface area contributed by atoms with Crippen LogP contribution in [0.2, 0.25) is 0 Å². The van der Waals surface area contributed by atoms with Crippen LogP contribution in [0, 0.1) is 0 Å². The van der Waals surface area contributed by atoms with E-state index in [9.17, 15) is 9.59 Å². The fraction of sp³-hybridized carbons (Fsp3) is 0.391. The van der Waals surface area contributed by atoms with Crippen LogP contribution in [0.4, 0.5) is 0 Å². The van der Waals surface area contributed by atoms with Gasteiger partial charge in [0, 0.05) is 44.8 Å². The van der Waals surface area contributed by atoms with Crippen molar-refractivity contribution < 1.29 is 9.59 Å². The third kappa shape index (κ3) is 4.09. The Hall–Kier alpha value is -2.66. The van der Waals surface area contributed by atoms with Crippen molar-refractivity contribution in [2.45, 2.75) is 18.9 Å². The maximum atomic E-state index is 12.9. The Morgan fingerprint density at radius 2 is 1.50 bits per heavy atom. The third-order valence-electron chi connectivity index (χ3n) is 5.85. The molecule has 2 heterocycles. The molecule has 2 aromatic carbocycles. The van der Waals surface area contributed by atoms with Crippen molar-refractivity contribution in [2.75, 3.05) is 39.3 Å². The molecule has 2 saturated heterocycles. The molecule has 5 nitrogen and oxygen atoms in total. The molecule has 0 N–H and O–H groups in total. The molecule has 2 amide bonds. The number of amides is 2. The largest absolute Gasteiger partial charge is 0.341 e. The van der Waals surface area contributed by atoms with Crippen LogP contribution in [0.3, 0.4) is 0 Å². The van der Waals surface area contributed by atoms with Gasteiger partial charge in [0.1, 0.15) is 0 Å². The summed E-state index contributed by atoms with van der Waals surface area (Å²) in [7, 11) is 0. The molecule has 1 atom stereocenters. The molecular formula is C23H27N3O2. The molecule has 146 valence electrons. The molecule has 2 aromatic rings. The van der Waals surface area contributed by atoms with Crippen molar-refractivity contribution in [2.24, 2.45) is 0 Å². The Morgan fingerprint density at radius 3 is 2.18 bits per heavy atom. The van der Waals surface area contributed by atoms with Gasteiger partial charge in [-0.25, -0.2) is 0 Å². The molecule has 0 bridgehead atoms. The lowest BCUT2D eigenvalue weighted by Gasteiger charge is -2.37.